The van der Waals surface area contributed by atoms with Crippen LogP contribution in [0.1, 0.15) is 38.8 Å². The van der Waals surface area contributed by atoms with Crippen molar-refractivity contribution in [1.82, 2.24) is 0 Å². The summed E-state index contributed by atoms with van der Waals surface area (Å²) in [7, 11) is 0. The normalized spacial score (nSPS) is 10.4. The summed E-state index contributed by atoms with van der Waals surface area (Å²) in [6.45, 7) is 5.88. The summed E-state index contributed by atoms with van der Waals surface area (Å²) in [4.78, 5) is 33.6. The number of ether oxygens (including phenoxy) is 2. The number of hydrogen-bond donors (Lipinski definition) is 1. The Balaban J connectivity index is 2.12. The highest BCUT2D eigenvalue weighted by atomic mass is 32.2. The fourth-order valence-corrected chi connectivity index (χ4v) is 4.99. The number of carbonyl (C=O) groups is 2. The molecule has 0 aliphatic carbocycles. The minimum absolute atomic E-state index is 0.228. The van der Waals surface area contributed by atoms with Crippen LogP contribution in [0.5, 0.6) is 0 Å². The van der Waals surface area contributed by atoms with Gasteiger partial charge in [-0.05, 0) is 38.5 Å². The van der Waals surface area contributed by atoms with Gasteiger partial charge in [0.25, 0.3) is 0 Å². The van der Waals surface area contributed by atoms with Crippen LogP contribution in [-0.2, 0) is 9.47 Å². The van der Waals surface area contributed by atoms with Crippen molar-refractivity contribution in [2.75, 3.05) is 18.9 Å². The number of nitrogen functional groups attached to an aromatic ring is 1. The Morgan fingerprint density at radius 3 is 2.38 bits per heavy atom. The van der Waals surface area contributed by atoms with Crippen molar-refractivity contribution in [3.05, 3.63) is 39.6 Å². The van der Waals surface area contributed by atoms with Gasteiger partial charge in [-0.1, -0.05) is 12.1 Å². The third-order valence-electron chi connectivity index (χ3n) is 3.82. The summed E-state index contributed by atoms with van der Waals surface area (Å²) in [6.07, 6.45) is 0. The van der Waals surface area contributed by atoms with Crippen molar-refractivity contribution in [3.8, 4) is 0 Å². The molecule has 0 saturated carbocycles. The molecule has 3 aromatic rings. The fourth-order valence-electron chi connectivity index (χ4n) is 2.59. The number of nitrogens with two attached hydrogens (primary N) is 1. The van der Waals surface area contributed by atoms with Gasteiger partial charge in [0.05, 0.1) is 34.0 Å². The van der Waals surface area contributed by atoms with Gasteiger partial charge in [0, 0.05) is 0 Å². The van der Waals surface area contributed by atoms with Crippen LogP contribution in [0.15, 0.2) is 34.3 Å². The second kappa shape index (κ2) is 9.00. The van der Waals surface area contributed by atoms with E-state index in [1.165, 1.54) is 22.7 Å². The summed E-state index contributed by atoms with van der Waals surface area (Å²) in [5.74, 6) is -1.01. The van der Waals surface area contributed by atoms with Gasteiger partial charge >= 0.3 is 11.9 Å². The standard InChI is InChI=1S/C20H19N3O4S2/c1-4-26-18(24)16-14(21)13-15(17(19(25)27-5-2)29-20(13)28-16)23-10-22-12-8-6-7-11(3)9-12/h6-9H,4-5,21H2,1-3H3. The maximum atomic E-state index is 12.4. The van der Waals surface area contributed by atoms with Crippen LogP contribution < -0.4 is 5.73 Å². The van der Waals surface area contributed by atoms with Crippen LogP contribution in [0.3, 0.4) is 0 Å². The van der Waals surface area contributed by atoms with E-state index in [4.69, 9.17) is 15.2 Å². The molecular weight excluding hydrogens is 410 g/mol. The van der Waals surface area contributed by atoms with E-state index >= 15 is 0 Å². The number of aliphatic imine (C=N–C) groups is 2. The largest absolute Gasteiger partial charge is 0.462 e. The predicted octanol–water partition coefficient (Wildman–Crippen LogP) is 5.34. The van der Waals surface area contributed by atoms with Gasteiger partial charge in [-0.15, -0.1) is 22.7 Å². The number of anilines is 1. The lowest BCUT2D eigenvalue weighted by Crippen LogP contribution is -2.05. The molecule has 7 nitrogen and oxygen atoms in total. The molecular formula is C20H19N3O4S2. The van der Waals surface area contributed by atoms with E-state index in [-0.39, 0.29) is 23.8 Å². The Morgan fingerprint density at radius 2 is 1.72 bits per heavy atom. The molecule has 2 aromatic heterocycles. The number of rotatable bonds is 6. The minimum Gasteiger partial charge on any atom is -0.462 e. The molecule has 0 aliphatic heterocycles. The van der Waals surface area contributed by atoms with Gasteiger partial charge in [-0.3, -0.25) is 0 Å². The maximum Gasteiger partial charge on any atom is 0.350 e. The molecule has 0 amide bonds. The van der Waals surface area contributed by atoms with Crippen LogP contribution in [0.25, 0.3) is 9.40 Å². The van der Waals surface area contributed by atoms with Crippen molar-refractivity contribution in [3.63, 3.8) is 0 Å². The molecule has 0 radical (unpaired) electrons. The average molecular weight is 430 g/mol. The topological polar surface area (TPSA) is 103 Å². The number of nitrogens with zero attached hydrogens (tertiary/aromatic N) is 2. The molecule has 3 rings (SSSR count). The molecule has 150 valence electrons. The Morgan fingerprint density at radius 1 is 1.07 bits per heavy atom. The third kappa shape index (κ3) is 4.37. The quantitative estimate of drug-likeness (QED) is 0.420. The Labute approximate surface area is 175 Å². The highest BCUT2D eigenvalue weighted by Gasteiger charge is 2.27. The van der Waals surface area contributed by atoms with Gasteiger partial charge in [0.1, 0.15) is 21.5 Å². The monoisotopic (exact) mass is 429 g/mol. The number of hydrogen-bond acceptors (Lipinski definition) is 9. The van der Waals surface area contributed by atoms with Gasteiger partial charge in [-0.2, -0.15) is 9.98 Å². The molecule has 9 heteroatoms. The highest BCUT2D eigenvalue weighted by Crippen LogP contribution is 2.47. The minimum atomic E-state index is -0.505. The lowest BCUT2D eigenvalue weighted by Gasteiger charge is -2.01. The summed E-state index contributed by atoms with van der Waals surface area (Å²) in [6, 6.07) is 10.2. The molecule has 0 saturated heterocycles. The molecule has 0 fully saturated rings. The summed E-state index contributed by atoms with van der Waals surface area (Å²) >= 11 is 2.34. The molecule has 0 spiro atoms. The van der Waals surface area contributed by atoms with Gasteiger partial charge < -0.3 is 15.2 Å². The Bertz CT molecular complexity index is 1140. The number of esters is 2. The number of thiophene rings is 2. The molecule has 0 atom stereocenters. The third-order valence-corrected chi connectivity index (χ3v) is 6.26. The number of benzene rings is 1. The number of aryl methyl sites for hydroxylation is 1. The molecule has 0 bridgehead atoms. The molecule has 0 unspecified atom stereocenters. The van der Waals surface area contributed by atoms with Gasteiger partial charge in [0.15, 0.2) is 0 Å². The van der Waals surface area contributed by atoms with Crippen LogP contribution in [0, 0.1) is 6.92 Å². The first kappa shape index (κ1) is 20.7. The molecule has 1 aromatic carbocycles. The number of fused-ring (bicyclic) bond motifs is 1. The average Bonchev–Trinajstić information content (AvgIpc) is 3.20. The summed E-state index contributed by atoms with van der Waals surface area (Å²) in [5.41, 5.74) is 8.47. The van der Waals surface area contributed by atoms with Crippen molar-refractivity contribution in [2.24, 2.45) is 9.98 Å². The molecule has 29 heavy (non-hydrogen) atoms. The van der Waals surface area contributed by atoms with E-state index in [1.807, 2.05) is 31.2 Å². The SMILES string of the molecule is CCOC(=O)c1sc2sc(C(=O)OCC)c(N=C=Nc3cccc(C)c3)c2c1N. The van der Waals surface area contributed by atoms with Crippen molar-refractivity contribution in [2.45, 2.75) is 20.8 Å². The Kier molecular flexibility index (Phi) is 6.43. The first-order valence-corrected chi connectivity index (χ1v) is 10.5. The Hall–Kier alpha value is -3.00. The lowest BCUT2D eigenvalue weighted by molar-refractivity contribution is 0.0524. The zero-order valence-corrected chi connectivity index (χ0v) is 17.8. The van der Waals surface area contributed by atoms with E-state index in [2.05, 4.69) is 16.0 Å². The predicted molar refractivity (Wildman–Crippen MR) is 116 cm³/mol. The van der Waals surface area contributed by atoms with Gasteiger partial charge in [-0.25, -0.2) is 9.59 Å². The van der Waals surface area contributed by atoms with Crippen molar-refractivity contribution >= 4 is 67.1 Å². The fraction of sp³-hybridized carbons (Fsp3) is 0.250. The summed E-state index contributed by atoms with van der Waals surface area (Å²) < 4.78 is 10.9. The van der Waals surface area contributed by atoms with E-state index < -0.39 is 11.9 Å². The summed E-state index contributed by atoms with van der Waals surface area (Å²) in [5, 5.41) is 0.512. The van der Waals surface area contributed by atoms with Gasteiger partial charge in [0.2, 0.25) is 0 Å². The maximum absolute atomic E-state index is 12.4. The highest BCUT2D eigenvalue weighted by molar-refractivity contribution is 7.40. The molecule has 2 heterocycles. The van der Waals surface area contributed by atoms with E-state index in [0.717, 1.165) is 5.56 Å². The molecule has 0 aliphatic rings. The van der Waals surface area contributed by atoms with E-state index in [9.17, 15) is 9.59 Å². The first-order valence-electron chi connectivity index (χ1n) is 8.88. The van der Waals surface area contributed by atoms with E-state index in [1.54, 1.807) is 13.8 Å². The van der Waals surface area contributed by atoms with Crippen LogP contribution in [0.4, 0.5) is 17.1 Å². The van der Waals surface area contributed by atoms with Crippen LogP contribution >= 0.6 is 22.7 Å². The first-order chi connectivity index (χ1) is 14.0. The van der Waals surface area contributed by atoms with E-state index in [0.29, 0.717) is 25.7 Å². The zero-order valence-electron chi connectivity index (χ0n) is 16.1. The second-order valence-electron chi connectivity index (χ2n) is 5.89. The number of carbonyl (C=O) groups excluding carboxylic acids is 2. The second-order valence-corrected chi connectivity index (χ2v) is 8.19. The lowest BCUT2D eigenvalue weighted by atomic mass is 10.2. The van der Waals surface area contributed by atoms with Crippen molar-refractivity contribution in [1.29, 1.82) is 0 Å². The smallest absolute Gasteiger partial charge is 0.350 e. The molecule has 2 N–H and O–H groups in total. The van der Waals surface area contributed by atoms with Crippen molar-refractivity contribution < 1.29 is 19.1 Å². The zero-order chi connectivity index (χ0) is 21.0. The van der Waals surface area contributed by atoms with Crippen LogP contribution in [0.2, 0.25) is 0 Å². The van der Waals surface area contributed by atoms with Crippen LogP contribution in [-0.4, -0.2) is 31.2 Å².